The summed E-state index contributed by atoms with van der Waals surface area (Å²) in [7, 11) is 3.19. The molecular formula is C24H27N5O4S. The standard InChI is InChI=1S/C24H27N5O4S/c1-15-13-18(16(2)28(15)20-9-8-17(29(30)31)14-21(20)33-4)23-22(19-7-5-6-10-25-19)26-24(34)27(23)11-12-32-3/h5-10,13-14,22-23H,11-12H2,1-4H3,(H,26,34)/t22-,23+/m1/s1. The number of methoxy groups -OCH3 is 2. The summed E-state index contributed by atoms with van der Waals surface area (Å²) < 4.78 is 12.9. The Morgan fingerprint density at radius 3 is 2.65 bits per heavy atom. The number of rotatable bonds is 8. The fraction of sp³-hybridized carbons (Fsp3) is 0.333. The van der Waals surface area contributed by atoms with E-state index in [1.165, 1.54) is 19.2 Å². The van der Waals surface area contributed by atoms with Crippen LogP contribution in [0.2, 0.25) is 0 Å². The summed E-state index contributed by atoms with van der Waals surface area (Å²) in [5.74, 6) is 0.431. The van der Waals surface area contributed by atoms with Crippen molar-refractivity contribution in [3.63, 3.8) is 0 Å². The van der Waals surface area contributed by atoms with Gasteiger partial charge in [-0.1, -0.05) is 6.07 Å². The molecule has 0 unspecified atom stereocenters. The van der Waals surface area contributed by atoms with Gasteiger partial charge in [-0.15, -0.1) is 0 Å². The van der Waals surface area contributed by atoms with E-state index < -0.39 is 4.92 Å². The summed E-state index contributed by atoms with van der Waals surface area (Å²) in [6.45, 7) is 5.20. The molecule has 3 aromatic rings. The fourth-order valence-electron chi connectivity index (χ4n) is 4.60. The first-order valence-corrected chi connectivity index (χ1v) is 11.3. The van der Waals surface area contributed by atoms with Crippen molar-refractivity contribution < 1.29 is 14.4 Å². The van der Waals surface area contributed by atoms with Crippen molar-refractivity contribution >= 4 is 23.0 Å². The lowest BCUT2D eigenvalue weighted by molar-refractivity contribution is -0.384. The van der Waals surface area contributed by atoms with Gasteiger partial charge in [-0.2, -0.15) is 0 Å². The summed E-state index contributed by atoms with van der Waals surface area (Å²) in [6, 6.07) is 12.4. The van der Waals surface area contributed by atoms with Gasteiger partial charge in [0.1, 0.15) is 5.75 Å². The number of thiocarbonyl (C=S) groups is 1. The average Bonchev–Trinajstić information content (AvgIpc) is 3.32. The van der Waals surface area contributed by atoms with Crippen LogP contribution in [-0.4, -0.2) is 51.9 Å². The Hall–Kier alpha value is -3.50. The van der Waals surface area contributed by atoms with Crippen molar-refractivity contribution in [3.8, 4) is 11.4 Å². The zero-order valence-electron chi connectivity index (χ0n) is 19.5. The van der Waals surface area contributed by atoms with Crippen molar-refractivity contribution in [2.45, 2.75) is 25.9 Å². The summed E-state index contributed by atoms with van der Waals surface area (Å²) in [5, 5.41) is 15.4. The number of hydrogen-bond donors (Lipinski definition) is 1. The van der Waals surface area contributed by atoms with Gasteiger partial charge in [-0.05, 0) is 55.9 Å². The number of pyridine rings is 1. The van der Waals surface area contributed by atoms with Gasteiger partial charge in [0.2, 0.25) is 0 Å². The molecule has 0 radical (unpaired) electrons. The molecule has 1 aliphatic heterocycles. The van der Waals surface area contributed by atoms with Crippen molar-refractivity contribution in [2.75, 3.05) is 27.4 Å². The number of aromatic nitrogens is 2. The molecule has 34 heavy (non-hydrogen) atoms. The van der Waals surface area contributed by atoms with Gasteiger partial charge in [-0.3, -0.25) is 15.1 Å². The molecule has 9 nitrogen and oxygen atoms in total. The predicted molar refractivity (Wildman–Crippen MR) is 132 cm³/mol. The molecule has 3 heterocycles. The molecule has 10 heteroatoms. The highest BCUT2D eigenvalue weighted by Gasteiger charge is 2.41. The van der Waals surface area contributed by atoms with Gasteiger partial charge in [0.25, 0.3) is 5.69 Å². The van der Waals surface area contributed by atoms with Crippen LogP contribution in [0.25, 0.3) is 5.69 Å². The number of hydrogen-bond acceptors (Lipinski definition) is 6. The van der Waals surface area contributed by atoms with Crippen LogP contribution >= 0.6 is 12.2 Å². The first-order valence-electron chi connectivity index (χ1n) is 10.9. The second-order valence-corrected chi connectivity index (χ2v) is 8.47. The molecule has 1 saturated heterocycles. The number of nitro benzene ring substituents is 1. The Bertz CT molecular complexity index is 1210. The monoisotopic (exact) mass is 481 g/mol. The summed E-state index contributed by atoms with van der Waals surface area (Å²) in [5.41, 5.74) is 4.66. The lowest BCUT2D eigenvalue weighted by Crippen LogP contribution is -2.32. The van der Waals surface area contributed by atoms with E-state index in [-0.39, 0.29) is 17.8 Å². The van der Waals surface area contributed by atoms with Gasteiger partial charge in [-0.25, -0.2) is 0 Å². The highest BCUT2D eigenvalue weighted by atomic mass is 32.1. The zero-order valence-corrected chi connectivity index (χ0v) is 20.3. The molecule has 2 atom stereocenters. The van der Waals surface area contributed by atoms with Crippen LogP contribution in [-0.2, 0) is 4.74 Å². The maximum Gasteiger partial charge on any atom is 0.273 e. The van der Waals surface area contributed by atoms with Crippen molar-refractivity contribution in [3.05, 3.63) is 81.4 Å². The quantitative estimate of drug-likeness (QED) is 0.293. The second-order valence-electron chi connectivity index (χ2n) is 8.09. The van der Waals surface area contributed by atoms with E-state index in [2.05, 4.69) is 25.8 Å². The predicted octanol–water partition coefficient (Wildman–Crippen LogP) is 4.02. The lowest BCUT2D eigenvalue weighted by Gasteiger charge is -2.28. The topological polar surface area (TPSA) is 94.7 Å². The van der Waals surface area contributed by atoms with Crippen LogP contribution < -0.4 is 10.1 Å². The van der Waals surface area contributed by atoms with E-state index in [0.29, 0.717) is 24.0 Å². The zero-order chi connectivity index (χ0) is 24.4. The molecule has 1 fully saturated rings. The number of nitrogens with one attached hydrogen (secondary N) is 1. The number of nitrogens with zero attached hydrogens (tertiary/aromatic N) is 4. The van der Waals surface area contributed by atoms with Crippen LogP contribution in [0, 0.1) is 24.0 Å². The van der Waals surface area contributed by atoms with E-state index in [9.17, 15) is 10.1 Å². The molecule has 178 valence electrons. The lowest BCUT2D eigenvalue weighted by atomic mass is 9.97. The Kier molecular flexibility index (Phi) is 6.80. The molecule has 2 aromatic heterocycles. The van der Waals surface area contributed by atoms with Crippen LogP contribution in [0.4, 0.5) is 5.69 Å². The summed E-state index contributed by atoms with van der Waals surface area (Å²) in [4.78, 5) is 17.5. The third-order valence-corrected chi connectivity index (χ3v) is 6.49. The van der Waals surface area contributed by atoms with Gasteiger partial charge in [0.15, 0.2) is 5.11 Å². The van der Waals surface area contributed by atoms with Gasteiger partial charge < -0.3 is 24.3 Å². The van der Waals surface area contributed by atoms with Crippen LogP contribution in [0.15, 0.2) is 48.7 Å². The first-order chi connectivity index (χ1) is 16.4. The molecular weight excluding hydrogens is 454 g/mol. The Balaban J connectivity index is 1.84. The minimum Gasteiger partial charge on any atom is -0.494 e. The second kappa shape index (κ2) is 9.78. The molecule has 0 saturated carbocycles. The van der Waals surface area contributed by atoms with E-state index in [4.69, 9.17) is 21.7 Å². The highest BCUT2D eigenvalue weighted by molar-refractivity contribution is 7.80. The number of aryl methyl sites for hydroxylation is 1. The molecule has 1 aromatic carbocycles. The number of ether oxygens (including phenoxy) is 2. The highest BCUT2D eigenvalue weighted by Crippen LogP contribution is 2.42. The minimum absolute atomic E-state index is 0.0189. The molecule has 0 amide bonds. The van der Waals surface area contributed by atoms with Gasteiger partial charge in [0.05, 0.1) is 48.2 Å². The fourth-order valence-corrected chi connectivity index (χ4v) is 4.93. The summed E-state index contributed by atoms with van der Waals surface area (Å²) in [6.07, 6.45) is 1.78. The van der Waals surface area contributed by atoms with Crippen molar-refractivity contribution in [1.82, 2.24) is 19.8 Å². The van der Waals surface area contributed by atoms with E-state index in [0.717, 1.165) is 28.3 Å². The normalized spacial score (nSPS) is 17.6. The molecule has 0 bridgehead atoms. The average molecular weight is 482 g/mol. The van der Waals surface area contributed by atoms with E-state index in [1.54, 1.807) is 19.4 Å². The Morgan fingerprint density at radius 2 is 2.00 bits per heavy atom. The number of non-ortho nitro benzene ring substituents is 1. The molecule has 4 rings (SSSR count). The SMILES string of the molecule is COCCN1C(=S)N[C@H](c2ccccn2)[C@@H]1c1cc(C)n(-c2ccc([N+](=O)[O-])cc2OC)c1C. The first kappa shape index (κ1) is 23.7. The van der Waals surface area contributed by atoms with Crippen LogP contribution in [0.3, 0.4) is 0 Å². The third kappa shape index (κ3) is 4.22. The van der Waals surface area contributed by atoms with Gasteiger partial charge >= 0.3 is 0 Å². The summed E-state index contributed by atoms with van der Waals surface area (Å²) >= 11 is 5.70. The molecule has 0 aliphatic carbocycles. The third-order valence-electron chi connectivity index (χ3n) is 6.14. The largest absolute Gasteiger partial charge is 0.494 e. The Labute approximate surface area is 203 Å². The molecule has 1 aliphatic rings. The van der Waals surface area contributed by atoms with Crippen LogP contribution in [0.5, 0.6) is 5.75 Å². The van der Waals surface area contributed by atoms with Gasteiger partial charge in [0, 0.05) is 37.3 Å². The maximum absolute atomic E-state index is 11.3. The van der Waals surface area contributed by atoms with Crippen molar-refractivity contribution in [1.29, 1.82) is 0 Å². The number of benzene rings is 1. The van der Waals surface area contributed by atoms with Crippen molar-refractivity contribution in [2.24, 2.45) is 0 Å². The Morgan fingerprint density at radius 1 is 1.21 bits per heavy atom. The van der Waals surface area contributed by atoms with E-state index >= 15 is 0 Å². The van der Waals surface area contributed by atoms with Crippen LogP contribution in [0.1, 0.15) is 34.7 Å². The maximum atomic E-state index is 11.3. The minimum atomic E-state index is -0.427. The smallest absolute Gasteiger partial charge is 0.273 e. The number of nitro groups is 1. The van der Waals surface area contributed by atoms with E-state index in [1.807, 2.05) is 32.0 Å². The molecule has 1 N–H and O–H groups in total. The molecule has 0 spiro atoms.